The Hall–Kier alpha value is -2.90. The van der Waals surface area contributed by atoms with Gasteiger partial charge in [0.25, 0.3) is 11.1 Å². The summed E-state index contributed by atoms with van der Waals surface area (Å²) in [7, 11) is 0. The lowest BCUT2D eigenvalue weighted by atomic mass is 10.1. The molecule has 0 unspecified atom stereocenters. The summed E-state index contributed by atoms with van der Waals surface area (Å²) in [5, 5.41) is -0.238. The summed E-state index contributed by atoms with van der Waals surface area (Å²) >= 11 is 4.46. The van der Waals surface area contributed by atoms with Gasteiger partial charge in [-0.05, 0) is 87.6 Å². The lowest BCUT2D eigenvalue weighted by Crippen LogP contribution is -2.29. The minimum Gasteiger partial charge on any atom is -0.488 e. The van der Waals surface area contributed by atoms with Crippen molar-refractivity contribution in [1.29, 1.82) is 0 Å². The van der Waals surface area contributed by atoms with E-state index in [1.807, 2.05) is 42.5 Å². The van der Waals surface area contributed by atoms with E-state index in [1.54, 1.807) is 24.3 Å². The van der Waals surface area contributed by atoms with Crippen molar-refractivity contribution in [1.82, 2.24) is 4.90 Å². The molecule has 0 spiro atoms. The molecule has 7 heteroatoms. The summed E-state index contributed by atoms with van der Waals surface area (Å²) in [6.45, 7) is 0.705. The zero-order valence-corrected chi connectivity index (χ0v) is 20.1. The second-order valence-corrected chi connectivity index (χ2v) is 9.38. The SMILES string of the molecule is O=C1S/C(=C/c2ccc(OCc3ccc(F)cc3)c(Br)c2)C(=O)N1CCCc1ccccc1. The number of thioether (sulfide) groups is 1. The van der Waals surface area contributed by atoms with E-state index in [1.165, 1.54) is 22.6 Å². The first-order valence-electron chi connectivity index (χ1n) is 10.5. The molecular formula is C26H21BrFNO3S. The molecule has 168 valence electrons. The Morgan fingerprint density at radius 2 is 1.73 bits per heavy atom. The minimum atomic E-state index is -0.287. The second kappa shape index (κ2) is 10.8. The molecule has 1 saturated heterocycles. The molecule has 1 aliphatic rings. The molecule has 0 radical (unpaired) electrons. The standard InChI is InChI=1S/C26H21BrFNO3S/c27-22-15-20(10-13-23(22)32-17-19-8-11-21(28)12-9-19)16-24-25(30)29(26(31)33-24)14-4-7-18-5-2-1-3-6-18/h1-3,5-6,8-13,15-16H,4,7,14,17H2/b24-16+. The molecule has 0 aromatic heterocycles. The molecule has 1 heterocycles. The van der Waals surface area contributed by atoms with Crippen LogP contribution < -0.4 is 4.74 Å². The van der Waals surface area contributed by atoms with Crippen molar-refractivity contribution in [2.45, 2.75) is 19.4 Å². The van der Waals surface area contributed by atoms with Gasteiger partial charge < -0.3 is 4.74 Å². The Balaban J connectivity index is 1.36. The van der Waals surface area contributed by atoms with Gasteiger partial charge in [-0.2, -0.15) is 0 Å². The third-order valence-corrected chi connectivity index (χ3v) is 6.65. The van der Waals surface area contributed by atoms with Crippen LogP contribution in [0.2, 0.25) is 0 Å². The highest BCUT2D eigenvalue weighted by molar-refractivity contribution is 9.10. The van der Waals surface area contributed by atoms with E-state index >= 15 is 0 Å². The average molecular weight is 526 g/mol. The zero-order chi connectivity index (χ0) is 23.2. The molecular weight excluding hydrogens is 505 g/mol. The highest BCUT2D eigenvalue weighted by Crippen LogP contribution is 2.34. The normalized spacial score (nSPS) is 14.8. The van der Waals surface area contributed by atoms with Crippen LogP contribution in [0.1, 0.15) is 23.1 Å². The molecule has 4 rings (SSSR count). The lowest BCUT2D eigenvalue weighted by molar-refractivity contribution is -0.122. The fraction of sp³-hybridized carbons (Fsp3) is 0.154. The maximum atomic E-state index is 13.0. The topological polar surface area (TPSA) is 46.6 Å². The van der Waals surface area contributed by atoms with Crippen LogP contribution in [0, 0.1) is 5.82 Å². The number of nitrogens with zero attached hydrogens (tertiary/aromatic N) is 1. The first kappa shape index (κ1) is 23.3. The third-order valence-electron chi connectivity index (χ3n) is 5.12. The van der Waals surface area contributed by atoms with Crippen LogP contribution >= 0.6 is 27.7 Å². The number of ether oxygens (including phenoxy) is 1. The molecule has 2 amide bonds. The van der Waals surface area contributed by atoms with Crippen molar-refractivity contribution in [3.63, 3.8) is 0 Å². The number of carbonyl (C=O) groups is 2. The molecule has 0 saturated carbocycles. The smallest absolute Gasteiger partial charge is 0.293 e. The molecule has 3 aromatic carbocycles. The fourth-order valence-corrected chi connectivity index (χ4v) is 4.77. The Morgan fingerprint density at radius 1 is 0.970 bits per heavy atom. The predicted molar refractivity (Wildman–Crippen MR) is 132 cm³/mol. The lowest BCUT2D eigenvalue weighted by Gasteiger charge is -2.12. The number of benzene rings is 3. The maximum absolute atomic E-state index is 13.0. The van der Waals surface area contributed by atoms with Crippen molar-refractivity contribution in [3.05, 3.63) is 105 Å². The van der Waals surface area contributed by atoms with Crippen molar-refractivity contribution in [2.75, 3.05) is 6.54 Å². The molecule has 0 bridgehead atoms. The molecule has 1 aliphatic heterocycles. The third kappa shape index (κ3) is 6.12. The Bertz CT molecular complexity index is 1180. The largest absolute Gasteiger partial charge is 0.488 e. The highest BCUT2D eigenvalue weighted by Gasteiger charge is 2.34. The Kier molecular flexibility index (Phi) is 7.62. The predicted octanol–water partition coefficient (Wildman–Crippen LogP) is 6.84. The van der Waals surface area contributed by atoms with Crippen LogP contribution in [0.15, 0.2) is 82.2 Å². The van der Waals surface area contributed by atoms with Gasteiger partial charge in [-0.1, -0.05) is 48.5 Å². The van der Waals surface area contributed by atoms with E-state index in [4.69, 9.17) is 4.74 Å². The number of aryl methyl sites for hydroxylation is 1. The quantitative estimate of drug-likeness (QED) is 0.302. The van der Waals surface area contributed by atoms with Gasteiger partial charge in [0.15, 0.2) is 0 Å². The van der Waals surface area contributed by atoms with Crippen molar-refractivity contribution < 1.29 is 18.7 Å². The summed E-state index contributed by atoms with van der Waals surface area (Å²) in [6, 6.07) is 21.6. The van der Waals surface area contributed by atoms with Crippen LogP contribution in [-0.4, -0.2) is 22.6 Å². The fourth-order valence-electron chi connectivity index (χ4n) is 3.40. The Morgan fingerprint density at radius 3 is 2.45 bits per heavy atom. The number of carbonyl (C=O) groups excluding carboxylic acids is 2. The Labute approximate surface area is 204 Å². The van der Waals surface area contributed by atoms with Crippen molar-refractivity contribution in [3.8, 4) is 5.75 Å². The van der Waals surface area contributed by atoms with Gasteiger partial charge in [0.1, 0.15) is 18.2 Å². The summed E-state index contributed by atoms with van der Waals surface area (Å²) in [6.07, 6.45) is 3.26. The summed E-state index contributed by atoms with van der Waals surface area (Å²) < 4.78 is 19.6. The van der Waals surface area contributed by atoms with Gasteiger partial charge in [0.2, 0.25) is 0 Å². The molecule has 3 aromatic rings. The number of amides is 2. The molecule has 4 nitrogen and oxygen atoms in total. The van der Waals surface area contributed by atoms with E-state index < -0.39 is 0 Å². The molecule has 1 fully saturated rings. The van der Waals surface area contributed by atoms with Gasteiger partial charge >= 0.3 is 0 Å². The van der Waals surface area contributed by atoms with Gasteiger partial charge in [-0.3, -0.25) is 14.5 Å². The number of halogens is 2. The number of imide groups is 1. The average Bonchev–Trinajstić information content (AvgIpc) is 3.07. The first-order chi connectivity index (χ1) is 16.0. The summed E-state index contributed by atoms with van der Waals surface area (Å²) in [4.78, 5) is 26.8. The van der Waals surface area contributed by atoms with E-state index in [9.17, 15) is 14.0 Å². The number of hydrogen-bond acceptors (Lipinski definition) is 4. The molecule has 0 N–H and O–H groups in total. The van der Waals surface area contributed by atoms with Gasteiger partial charge in [-0.25, -0.2) is 4.39 Å². The summed E-state index contributed by atoms with van der Waals surface area (Å²) in [5.41, 5.74) is 2.82. The minimum absolute atomic E-state index is 0.238. The van der Waals surface area contributed by atoms with E-state index in [2.05, 4.69) is 15.9 Å². The molecule has 0 aliphatic carbocycles. The summed E-state index contributed by atoms with van der Waals surface area (Å²) in [5.74, 6) is 0.0844. The van der Waals surface area contributed by atoms with E-state index in [-0.39, 0.29) is 17.0 Å². The van der Waals surface area contributed by atoms with Crippen molar-refractivity contribution in [2.24, 2.45) is 0 Å². The van der Waals surface area contributed by atoms with Crippen LogP contribution in [-0.2, 0) is 17.8 Å². The number of hydrogen-bond donors (Lipinski definition) is 0. The van der Waals surface area contributed by atoms with Crippen LogP contribution in [0.5, 0.6) is 5.75 Å². The van der Waals surface area contributed by atoms with Crippen LogP contribution in [0.25, 0.3) is 6.08 Å². The van der Waals surface area contributed by atoms with E-state index in [0.29, 0.717) is 23.8 Å². The second-order valence-electron chi connectivity index (χ2n) is 7.53. The van der Waals surface area contributed by atoms with Crippen LogP contribution in [0.4, 0.5) is 9.18 Å². The zero-order valence-electron chi connectivity index (χ0n) is 17.7. The van der Waals surface area contributed by atoms with Gasteiger partial charge in [-0.15, -0.1) is 0 Å². The highest BCUT2D eigenvalue weighted by atomic mass is 79.9. The maximum Gasteiger partial charge on any atom is 0.293 e. The monoisotopic (exact) mass is 525 g/mol. The molecule has 33 heavy (non-hydrogen) atoms. The van der Waals surface area contributed by atoms with Crippen LogP contribution in [0.3, 0.4) is 0 Å². The number of rotatable bonds is 8. The van der Waals surface area contributed by atoms with Gasteiger partial charge in [0.05, 0.1) is 9.38 Å². The van der Waals surface area contributed by atoms with Gasteiger partial charge in [0, 0.05) is 6.54 Å². The van der Waals surface area contributed by atoms with E-state index in [0.717, 1.165) is 40.2 Å². The molecule has 0 atom stereocenters. The van der Waals surface area contributed by atoms with Crippen molar-refractivity contribution >= 4 is 44.9 Å². The first-order valence-corrected chi connectivity index (χ1v) is 12.1.